The van der Waals surface area contributed by atoms with Crippen molar-refractivity contribution in [3.63, 3.8) is 0 Å². The van der Waals surface area contributed by atoms with Gasteiger partial charge < -0.3 is 10.6 Å². The summed E-state index contributed by atoms with van der Waals surface area (Å²) in [6.07, 6.45) is 3.73. The van der Waals surface area contributed by atoms with Gasteiger partial charge >= 0.3 is 0 Å². The van der Waals surface area contributed by atoms with Gasteiger partial charge in [-0.1, -0.05) is 18.6 Å². The summed E-state index contributed by atoms with van der Waals surface area (Å²) in [6.45, 7) is 9.97. The Balaban J connectivity index is 0.00000420. The third-order valence-corrected chi connectivity index (χ3v) is 6.76. The third-order valence-electron chi connectivity index (χ3n) is 5.02. The number of hydrogen-bond acceptors (Lipinski definition) is 4. The monoisotopic (exact) mass is 540 g/mol. The van der Waals surface area contributed by atoms with E-state index >= 15 is 0 Å². The lowest BCUT2D eigenvalue weighted by Crippen LogP contribution is -2.49. The fourth-order valence-corrected chi connectivity index (χ4v) is 4.57. The molecule has 1 aliphatic rings. The van der Waals surface area contributed by atoms with Crippen LogP contribution in [-0.2, 0) is 9.84 Å². The average molecular weight is 540 g/mol. The number of likely N-dealkylation sites (tertiary alicyclic amines) is 1. The van der Waals surface area contributed by atoms with Gasteiger partial charge in [-0.2, -0.15) is 0 Å². The van der Waals surface area contributed by atoms with Crippen molar-refractivity contribution in [2.75, 3.05) is 38.5 Å². The molecule has 0 bridgehead atoms. The molecule has 2 N–H and O–H groups in total. The smallest absolute Gasteiger partial charge is 0.191 e. The number of piperidine rings is 1. The molecule has 0 amide bonds. The largest absolute Gasteiger partial charge is 0.357 e. The zero-order valence-electron chi connectivity index (χ0n) is 17.6. The molecule has 166 valence electrons. The van der Waals surface area contributed by atoms with E-state index in [1.807, 2.05) is 6.92 Å². The molecule has 1 fully saturated rings. The molecule has 0 spiro atoms. The predicted molar refractivity (Wildman–Crippen MR) is 127 cm³/mol. The molecule has 9 heteroatoms. The second-order valence-corrected chi connectivity index (χ2v) is 9.81. The molecule has 0 aliphatic carbocycles. The molecule has 1 heterocycles. The van der Waals surface area contributed by atoms with Crippen LogP contribution in [0.5, 0.6) is 0 Å². The van der Waals surface area contributed by atoms with Gasteiger partial charge in [0.25, 0.3) is 0 Å². The van der Waals surface area contributed by atoms with Crippen LogP contribution in [0.2, 0.25) is 0 Å². The molecule has 29 heavy (non-hydrogen) atoms. The van der Waals surface area contributed by atoms with Crippen molar-refractivity contribution in [1.82, 2.24) is 15.5 Å². The Labute approximate surface area is 191 Å². The highest BCUT2D eigenvalue weighted by molar-refractivity contribution is 14.0. The van der Waals surface area contributed by atoms with Crippen LogP contribution in [0.25, 0.3) is 0 Å². The molecule has 0 radical (unpaired) electrons. The normalized spacial score (nSPS) is 16.2. The van der Waals surface area contributed by atoms with Crippen molar-refractivity contribution in [3.05, 3.63) is 30.1 Å². The summed E-state index contributed by atoms with van der Waals surface area (Å²) in [6, 6.07) is 5.46. The van der Waals surface area contributed by atoms with E-state index in [2.05, 4.69) is 34.4 Å². The van der Waals surface area contributed by atoms with Crippen LogP contribution in [0.15, 0.2) is 34.2 Å². The number of rotatable bonds is 8. The maximum absolute atomic E-state index is 13.8. The summed E-state index contributed by atoms with van der Waals surface area (Å²) in [4.78, 5) is 6.86. The minimum atomic E-state index is -3.69. The summed E-state index contributed by atoms with van der Waals surface area (Å²) in [5.41, 5.74) is -0.0536. The summed E-state index contributed by atoms with van der Waals surface area (Å²) < 4.78 is 38.5. The van der Waals surface area contributed by atoms with Gasteiger partial charge in [-0.25, -0.2) is 12.8 Å². The first-order valence-corrected chi connectivity index (χ1v) is 11.7. The summed E-state index contributed by atoms with van der Waals surface area (Å²) in [5, 5.41) is 6.21. The maximum Gasteiger partial charge on any atom is 0.191 e. The van der Waals surface area contributed by atoms with Crippen molar-refractivity contribution in [3.8, 4) is 0 Å². The minimum absolute atomic E-state index is 0. The number of sulfone groups is 1. The van der Waals surface area contributed by atoms with Gasteiger partial charge in [0, 0.05) is 18.6 Å². The van der Waals surface area contributed by atoms with Gasteiger partial charge in [0.2, 0.25) is 0 Å². The lowest BCUT2D eigenvalue weighted by molar-refractivity contribution is 0.102. The summed E-state index contributed by atoms with van der Waals surface area (Å²) in [7, 11) is -3.69. The zero-order chi connectivity index (χ0) is 20.6. The van der Waals surface area contributed by atoms with Crippen LogP contribution in [0.3, 0.4) is 0 Å². The summed E-state index contributed by atoms with van der Waals surface area (Å²) in [5.74, 6) is -0.337. The van der Waals surface area contributed by atoms with Crippen LogP contribution >= 0.6 is 24.0 Å². The van der Waals surface area contributed by atoms with E-state index in [9.17, 15) is 12.8 Å². The molecule has 1 aromatic carbocycles. The zero-order valence-corrected chi connectivity index (χ0v) is 20.7. The SMILES string of the molecule is CCNC(=NCC(C)(C)N1CCCCC1)NCCS(=O)(=O)c1ccccc1F.I. The van der Waals surface area contributed by atoms with Crippen molar-refractivity contribution >= 4 is 39.8 Å². The van der Waals surface area contributed by atoms with Gasteiger partial charge in [0.1, 0.15) is 10.7 Å². The van der Waals surface area contributed by atoms with E-state index in [0.29, 0.717) is 19.0 Å². The highest BCUT2D eigenvalue weighted by Gasteiger charge is 2.27. The first-order valence-electron chi connectivity index (χ1n) is 10.0. The van der Waals surface area contributed by atoms with E-state index in [4.69, 9.17) is 0 Å². The Bertz CT molecular complexity index is 765. The van der Waals surface area contributed by atoms with Gasteiger partial charge in [-0.05, 0) is 58.8 Å². The van der Waals surface area contributed by atoms with E-state index in [1.165, 1.54) is 37.5 Å². The molecule has 1 aliphatic heterocycles. The number of nitrogens with one attached hydrogen (secondary N) is 2. The molecule has 0 atom stereocenters. The van der Waals surface area contributed by atoms with Crippen LogP contribution in [0.4, 0.5) is 4.39 Å². The average Bonchev–Trinajstić information content (AvgIpc) is 2.67. The van der Waals surface area contributed by atoms with Gasteiger partial charge in [0.05, 0.1) is 12.3 Å². The quantitative estimate of drug-likeness (QED) is 0.302. The maximum atomic E-state index is 13.8. The van der Waals surface area contributed by atoms with Crippen LogP contribution in [-0.4, -0.2) is 63.3 Å². The topological polar surface area (TPSA) is 73.8 Å². The lowest BCUT2D eigenvalue weighted by atomic mass is 9.99. The standard InChI is InChI=1S/C20H33FN4O2S.HI/c1-4-22-19(24-16-20(2,3)25-13-8-5-9-14-25)23-12-15-28(26,27)18-11-7-6-10-17(18)21;/h6-7,10-11H,4-5,8-9,12-16H2,1-3H3,(H2,22,23,24);1H. The Kier molecular flexibility index (Phi) is 10.8. The Morgan fingerprint density at radius 2 is 1.83 bits per heavy atom. The lowest BCUT2D eigenvalue weighted by Gasteiger charge is -2.40. The number of guanidine groups is 1. The highest BCUT2D eigenvalue weighted by Crippen LogP contribution is 2.20. The van der Waals surface area contributed by atoms with Crippen molar-refractivity contribution < 1.29 is 12.8 Å². The molecule has 0 unspecified atom stereocenters. The number of nitrogens with zero attached hydrogens (tertiary/aromatic N) is 2. The second kappa shape index (κ2) is 12.0. The van der Waals surface area contributed by atoms with Crippen LogP contribution in [0, 0.1) is 5.82 Å². The first kappa shape index (κ1) is 26.1. The second-order valence-electron chi connectivity index (χ2n) is 7.73. The molecule has 1 aromatic rings. The van der Waals surface area contributed by atoms with E-state index in [1.54, 1.807) is 0 Å². The number of halogens is 2. The summed E-state index contributed by atoms with van der Waals surface area (Å²) >= 11 is 0. The van der Waals surface area contributed by atoms with E-state index in [-0.39, 0.29) is 46.7 Å². The number of benzene rings is 1. The predicted octanol–water partition coefficient (Wildman–Crippen LogP) is 3.04. The van der Waals surface area contributed by atoms with Crippen LogP contribution in [0.1, 0.15) is 40.0 Å². The molecule has 2 rings (SSSR count). The Morgan fingerprint density at radius 1 is 1.17 bits per heavy atom. The van der Waals surface area contributed by atoms with E-state index < -0.39 is 15.7 Å². The fourth-order valence-electron chi connectivity index (χ4n) is 3.32. The molecule has 0 saturated carbocycles. The number of aliphatic imine (C=N–C) groups is 1. The van der Waals surface area contributed by atoms with Crippen molar-refractivity contribution in [2.45, 2.75) is 50.5 Å². The first-order chi connectivity index (χ1) is 13.3. The van der Waals surface area contributed by atoms with Gasteiger partial charge in [-0.15, -0.1) is 24.0 Å². The third kappa shape index (κ3) is 8.01. The van der Waals surface area contributed by atoms with Gasteiger partial charge in [-0.3, -0.25) is 9.89 Å². The molecule has 1 saturated heterocycles. The molecular weight excluding hydrogens is 506 g/mol. The minimum Gasteiger partial charge on any atom is -0.357 e. The molecule has 6 nitrogen and oxygen atoms in total. The van der Waals surface area contributed by atoms with Crippen LogP contribution < -0.4 is 10.6 Å². The molecule has 0 aromatic heterocycles. The molecular formula is C20H34FIN4O2S. The Morgan fingerprint density at radius 3 is 2.45 bits per heavy atom. The number of hydrogen-bond donors (Lipinski definition) is 2. The van der Waals surface area contributed by atoms with Gasteiger partial charge in [0.15, 0.2) is 15.8 Å². The van der Waals surface area contributed by atoms with Crippen molar-refractivity contribution in [2.24, 2.45) is 4.99 Å². The van der Waals surface area contributed by atoms with Crippen molar-refractivity contribution in [1.29, 1.82) is 0 Å². The highest BCUT2D eigenvalue weighted by atomic mass is 127. The van der Waals surface area contributed by atoms with E-state index in [0.717, 1.165) is 19.2 Å². The fraction of sp³-hybridized carbons (Fsp3) is 0.650. The Hall–Kier alpha value is -0.940.